The highest BCUT2D eigenvalue weighted by molar-refractivity contribution is 6.05. The molecule has 1 fully saturated rings. The van der Waals surface area contributed by atoms with Crippen molar-refractivity contribution in [1.29, 1.82) is 0 Å². The number of ether oxygens (including phenoxy) is 2. The molecule has 2 aromatic carbocycles. The highest BCUT2D eigenvalue weighted by Gasteiger charge is 2.35. The fraction of sp³-hybridized carbons (Fsp3) is 0.296. The van der Waals surface area contributed by atoms with Crippen LogP contribution in [0.3, 0.4) is 0 Å². The highest BCUT2D eigenvalue weighted by Crippen LogP contribution is 2.35. The zero-order valence-electron chi connectivity index (χ0n) is 20.0. The van der Waals surface area contributed by atoms with Gasteiger partial charge in [0.05, 0.1) is 31.7 Å². The number of amides is 3. The van der Waals surface area contributed by atoms with E-state index < -0.39 is 17.9 Å². The normalized spacial score (nSPS) is 15.6. The molecular weight excluding hydrogens is 462 g/mol. The molecule has 3 aromatic rings. The Bertz CT molecular complexity index is 1160. The molecule has 1 aliphatic heterocycles. The average Bonchev–Trinajstić information content (AvgIpc) is 3.64. The van der Waals surface area contributed by atoms with Gasteiger partial charge in [0.1, 0.15) is 11.8 Å². The molecule has 2 heterocycles. The number of hydrogen-bond acceptors (Lipinski definition) is 6. The maximum absolute atomic E-state index is 13.7. The van der Waals surface area contributed by atoms with Gasteiger partial charge in [-0.3, -0.25) is 19.3 Å². The molecule has 1 aromatic heterocycles. The number of nitrogens with one attached hydrogen (secondary N) is 2. The Hall–Kier alpha value is -4.11. The van der Waals surface area contributed by atoms with Crippen molar-refractivity contribution >= 4 is 23.4 Å². The number of methoxy groups -OCH3 is 1. The van der Waals surface area contributed by atoms with E-state index in [-0.39, 0.29) is 24.3 Å². The number of hydrogen-bond donors (Lipinski definition) is 2. The van der Waals surface area contributed by atoms with E-state index in [1.165, 1.54) is 24.3 Å². The summed E-state index contributed by atoms with van der Waals surface area (Å²) >= 11 is 0. The number of para-hydroxylation sites is 2. The molecule has 3 amide bonds. The smallest absolute Gasteiger partial charge is 0.287 e. The first kappa shape index (κ1) is 25.0. The number of rotatable bonds is 10. The maximum atomic E-state index is 13.7. The van der Waals surface area contributed by atoms with Crippen LogP contribution < -0.4 is 20.3 Å². The number of furan rings is 1. The van der Waals surface area contributed by atoms with Crippen molar-refractivity contribution in [1.82, 2.24) is 10.6 Å². The lowest BCUT2D eigenvalue weighted by atomic mass is 10.0. The Balaban J connectivity index is 1.66. The van der Waals surface area contributed by atoms with Crippen molar-refractivity contribution in [3.05, 3.63) is 84.3 Å². The first-order valence-electron chi connectivity index (χ1n) is 11.8. The fourth-order valence-electron chi connectivity index (χ4n) is 4.15. The summed E-state index contributed by atoms with van der Waals surface area (Å²) in [4.78, 5) is 41.1. The van der Waals surface area contributed by atoms with E-state index in [1.807, 2.05) is 6.07 Å². The Kier molecular flexibility index (Phi) is 8.36. The summed E-state index contributed by atoms with van der Waals surface area (Å²) in [5.74, 6) is -0.905. The van der Waals surface area contributed by atoms with Crippen LogP contribution in [0.25, 0.3) is 0 Å². The van der Waals surface area contributed by atoms with E-state index in [4.69, 9.17) is 13.9 Å². The van der Waals surface area contributed by atoms with Gasteiger partial charge in [0, 0.05) is 13.2 Å². The second-order valence-electron chi connectivity index (χ2n) is 8.29. The zero-order valence-corrected chi connectivity index (χ0v) is 20.0. The summed E-state index contributed by atoms with van der Waals surface area (Å²) in [6.45, 7) is 0.648. The molecule has 9 nitrogen and oxygen atoms in total. The van der Waals surface area contributed by atoms with Crippen molar-refractivity contribution in [2.75, 3.05) is 31.7 Å². The summed E-state index contributed by atoms with van der Waals surface area (Å²) in [6, 6.07) is 18.0. The Morgan fingerprint density at radius 1 is 1.03 bits per heavy atom. The van der Waals surface area contributed by atoms with Gasteiger partial charge >= 0.3 is 0 Å². The minimum Gasteiger partial charge on any atom is -0.495 e. The van der Waals surface area contributed by atoms with Crippen LogP contribution in [0.15, 0.2) is 77.4 Å². The lowest BCUT2D eigenvalue weighted by Gasteiger charge is -2.32. The number of benzene rings is 2. The quantitative estimate of drug-likeness (QED) is 0.451. The first-order chi connectivity index (χ1) is 17.6. The third-order valence-corrected chi connectivity index (χ3v) is 5.91. The molecule has 2 unspecified atom stereocenters. The van der Waals surface area contributed by atoms with E-state index in [2.05, 4.69) is 10.6 Å². The van der Waals surface area contributed by atoms with Gasteiger partial charge in [-0.2, -0.15) is 0 Å². The summed E-state index contributed by atoms with van der Waals surface area (Å²) in [5, 5.41) is 5.53. The second kappa shape index (κ2) is 12.0. The molecule has 1 aliphatic rings. The summed E-state index contributed by atoms with van der Waals surface area (Å²) < 4.78 is 16.3. The first-order valence-corrected chi connectivity index (χ1v) is 11.8. The van der Waals surface area contributed by atoms with E-state index in [0.717, 1.165) is 12.8 Å². The molecule has 188 valence electrons. The zero-order chi connectivity index (χ0) is 25.3. The van der Waals surface area contributed by atoms with Crippen molar-refractivity contribution in [3.63, 3.8) is 0 Å². The second-order valence-corrected chi connectivity index (χ2v) is 8.29. The van der Waals surface area contributed by atoms with Crippen molar-refractivity contribution in [2.24, 2.45) is 0 Å². The summed E-state index contributed by atoms with van der Waals surface area (Å²) in [5.41, 5.74) is 1.01. The van der Waals surface area contributed by atoms with Crippen LogP contribution in [0.4, 0.5) is 5.69 Å². The summed E-state index contributed by atoms with van der Waals surface area (Å²) in [6.07, 6.45) is 3.13. The van der Waals surface area contributed by atoms with Gasteiger partial charge < -0.3 is 24.5 Å². The van der Waals surface area contributed by atoms with Gasteiger partial charge in [-0.25, -0.2) is 0 Å². The van der Waals surface area contributed by atoms with Crippen LogP contribution in [-0.2, 0) is 14.3 Å². The molecule has 1 saturated heterocycles. The van der Waals surface area contributed by atoms with Gasteiger partial charge in [0.15, 0.2) is 5.76 Å². The molecular formula is C27H29N3O6. The molecule has 0 aliphatic carbocycles. The number of carbonyl (C=O) groups is 3. The SMILES string of the molecule is COc1ccccc1N(C(=O)CNC(=O)c1ccco1)C(C(=O)NCC1CCCO1)c1ccccc1. The highest BCUT2D eigenvalue weighted by atomic mass is 16.5. The molecule has 0 spiro atoms. The minimum atomic E-state index is -1.02. The van der Waals surface area contributed by atoms with E-state index in [0.29, 0.717) is 30.2 Å². The average molecular weight is 492 g/mol. The largest absolute Gasteiger partial charge is 0.495 e. The third kappa shape index (κ3) is 5.92. The molecule has 0 bridgehead atoms. The standard InChI is InChI=1S/C27H29N3O6/c1-34-22-13-6-5-12-21(22)30(24(31)18-29-26(32)23-14-8-16-36-23)25(19-9-3-2-4-10-19)27(33)28-17-20-11-7-15-35-20/h2-6,8-10,12-14,16,20,25H,7,11,15,17-18H2,1H3,(H,28,33)(H,29,32). The number of anilines is 1. The van der Waals surface area contributed by atoms with Gasteiger partial charge in [-0.1, -0.05) is 42.5 Å². The summed E-state index contributed by atoms with van der Waals surface area (Å²) in [7, 11) is 1.50. The van der Waals surface area contributed by atoms with Crippen LogP contribution in [0.5, 0.6) is 5.75 Å². The Morgan fingerprint density at radius 2 is 1.81 bits per heavy atom. The van der Waals surface area contributed by atoms with Crippen molar-refractivity contribution in [3.8, 4) is 5.75 Å². The van der Waals surface area contributed by atoms with E-state index >= 15 is 0 Å². The van der Waals surface area contributed by atoms with Crippen molar-refractivity contribution in [2.45, 2.75) is 25.0 Å². The minimum absolute atomic E-state index is 0.0617. The predicted octanol–water partition coefficient (Wildman–Crippen LogP) is 3.09. The lowest BCUT2D eigenvalue weighted by molar-refractivity contribution is -0.126. The molecule has 9 heteroatoms. The van der Waals surface area contributed by atoms with Crippen LogP contribution in [0, 0.1) is 0 Å². The van der Waals surface area contributed by atoms with Gasteiger partial charge in [-0.15, -0.1) is 0 Å². The fourth-order valence-corrected chi connectivity index (χ4v) is 4.15. The van der Waals surface area contributed by atoms with Crippen LogP contribution >= 0.6 is 0 Å². The Labute approximate surface area is 209 Å². The van der Waals surface area contributed by atoms with E-state index in [1.54, 1.807) is 54.6 Å². The van der Waals surface area contributed by atoms with E-state index in [9.17, 15) is 14.4 Å². The monoisotopic (exact) mass is 491 g/mol. The molecule has 0 saturated carbocycles. The Morgan fingerprint density at radius 3 is 2.50 bits per heavy atom. The molecule has 2 atom stereocenters. The van der Waals surface area contributed by atoms with Gasteiger partial charge in [0.2, 0.25) is 11.8 Å². The molecule has 4 rings (SSSR count). The molecule has 2 N–H and O–H groups in total. The van der Waals surface area contributed by atoms with Gasteiger partial charge in [-0.05, 0) is 42.7 Å². The van der Waals surface area contributed by atoms with Gasteiger partial charge in [0.25, 0.3) is 5.91 Å². The van der Waals surface area contributed by atoms with Crippen LogP contribution in [0.2, 0.25) is 0 Å². The maximum Gasteiger partial charge on any atom is 0.287 e. The topological polar surface area (TPSA) is 110 Å². The van der Waals surface area contributed by atoms with Crippen molar-refractivity contribution < 1.29 is 28.3 Å². The van der Waals surface area contributed by atoms with Crippen LogP contribution in [-0.4, -0.2) is 50.6 Å². The molecule has 36 heavy (non-hydrogen) atoms. The van der Waals surface area contributed by atoms with Crippen LogP contribution in [0.1, 0.15) is 35.0 Å². The third-order valence-electron chi connectivity index (χ3n) is 5.91. The number of nitrogens with zero attached hydrogens (tertiary/aromatic N) is 1. The predicted molar refractivity (Wildman–Crippen MR) is 133 cm³/mol. The molecule has 0 radical (unpaired) electrons. The lowest BCUT2D eigenvalue weighted by Crippen LogP contribution is -2.48. The number of carbonyl (C=O) groups excluding carboxylic acids is 3.